The monoisotopic (exact) mass is 289 g/mol. The summed E-state index contributed by atoms with van der Waals surface area (Å²) in [6, 6.07) is 7.95. The molecular weight excluding hydrogens is 270 g/mol. The Hall–Kier alpha value is -1.75. The highest BCUT2D eigenvalue weighted by molar-refractivity contribution is 7.15. The molecule has 1 amide bonds. The Morgan fingerprint density at radius 2 is 1.85 bits per heavy atom. The lowest BCUT2D eigenvalue weighted by molar-refractivity contribution is -0.115. The summed E-state index contributed by atoms with van der Waals surface area (Å²) in [6.07, 6.45) is 0.352. The summed E-state index contributed by atoms with van der Waals surface area (Å²) in [5, 5.41) is 12.4. The summed E-state index contributed by atoms with van der Waals surface area (Å²) in [5.41, 5.74) is 2.14. The van der Waals surface area contributed by atoms with Gasteiger partial charge >= 0.3 is 0 Å². The molecule has 0 saturated heterocycles. The van der Waals surface area contributed by atoms with Gasteiger partial charge in [-0.2, -0.15) is 0 Å². The molecule has 0 spiro atoms. The van der Waals surface area contributed by atoms with Gasteiger partial charge in [-0.15, -0.1) is 10.2 Å². The molecule has 4 nitrogen and oxygen atoms in total. The number of amides is 1. The molecular formula is C15H19N3OS. The van der Waals surface area contributed by atoms with Crippen LogP contribution in [0.15, 0.2) is 24.3 Å². The Labute approximate surface area is 123 Å². The summed E-state index contributed by atoms with van der Waals surface area (Å²) in [4.78, 5) is 12.0. The second-order valence-electron chi connectivity index (χ2n) is 5.87. The van der Waals surface area contributed by atoms with Gasteiger partial charge in [0.25, 0.3) is 0 Å². The Balaban J connectivity index is 1.98. The molecule has 1 heterocycles. The summed E-state index contributed by atoms with van der Waals surface area (Å²) in [6.45, 7) is 8.25. The van der Waals surface area contributed by atoms with E-state index >= 15 is 0 Å². The van der Waals surface area contributed by atoms with Gasteiger partial charge in [0, 0.05) is 5.41 Å². The van der Waals surface area contributed by atoms with Gasteiger partial charge in [-0.3, -0.25) is 4.79 Å². The Bertz CT molecular complexity index is 596. The molecule has 0 fully saturated rings. The molecule has 0 bridgehead atoms. The number of hydrogen-bond donors (Lipinski definition) is 1. The van der Waals surface area contributed by atoms with Gasteiger partial charge in [-0.1, -0.05) is 61.9 Å². The minimum atomic E-state index is -0.0644. The maximum atomic E-state index is 12.0. The van der Waals surface area contributed by atoms with Crippen molar-refractivity contribution in [3.8, 4) is 0 Å². The molecule has 1 N–H and O–H groups in total. The van der Waals surface area contributed by atoms with E-state index in [1.807, 2.05) is 31.2 Å². The molecule has 20 heavy (non-hydrogen) atoms. The SMILES string of the molecule is Cc1ccc(CC(=O)Nc2nnc(C(C)(C)C)s2)cc1. The first-order valence-electron chi connectivity index (χ1n) is 6.54. The zero-order chi connectivity index (χ0) is 14.8. The van der Waals surface area contributed by atoms with Crippen LogP contribution in [-0.4, -0.2) is 16.1 Å². The molecule has 0 unspecified atom stereocenters. The Morgan fingerprint density at radius 1 is 1.20 bits per heavy atom. The quantitative estimate of drug-likeness (QED) is 0.943. The minimum absolute atomic E-state index is 0.0440. The molecule has 106 valence electrons. The van der Waals surface area contributed by atoms with Gasteiger partial charge in [0.05, 0.1) is 6.42 Å². The van der Waals surface area contributed by atoms with E-state index in [0.717, 1.165) is 10.6 Å². The number of aryl methyl sites for hydroxylation is 1. The van der Waals surface area contributed by atoms with E-state index in [1.165, 1.54) is 16.9 Å². The van der Waals surface area contributed by atoms with Crippen molar-refractivity contribution in [2.45, 2.75) is 39.5 Å². The second kappa shape index (κ2) is 5.71. The molecule has 0 radical (unpaired) electrons. The van der Waals surface area contributed by atoms with Crippen LogP contribution >= 0.6 is 11.3 Å². The van der Waals surface area contributed by atoms with Crippen molar-refractivity contribution in [1.82, 2.24) is 10.2 Å². The molecule has 0 atom stereocenters. The van der Waals surface area contributed by atoms with Crippen LogP contribution in [0.2, 0.25) is 0 Å². The topological polar surface area (TPSA) is 54.9 Å². The molecule has 2 rings (SSSR count). The van der Waals surface area contributed by atoms with E-state index < -0.39 is 0 Å². The highest BCUT2D eigenvalue weighted by Crippen LogP contribution is 2.27. The number of rotatable bonds is 3. The highest BCUT2D eigenvalue weighted by Gasteiger charge is 2.19. The van der Waals surface area contributed by atoms with E-state index in [1.54, 1.807) is 0 Å². The van der Waals surface area contributed by atoms with Crippen LogP contribution < -0.4 is 5.32 Å². The third-order valence-electron chi connectivity index (χ3n) is 2.80. The molecule has 5 heteroatoms. The fraction of sp³-hybridized carbons (Fsp3) is 0.400. The molecule has 1 aromatic heterocycles. The maximum Gasteiger partial charge on any atom is 0.230 e. The number of benzene rings is 1. The van der Waals surface area contributed by atoms with Gasteiger partial charge in [0.1, 0.15) is 5.01 Å². The van der Waals surface area contributed by atoms with Crippen LogP contribution in [-0.2, 0) is 16.6 Å². The van der Waals surface area contributed by atoms with Crippen molar-refractivity contribution < 1.29 is 4.79 Å². The predicted molar refractivity (Wildman–Crippen MR) is 82.1 cm³/mol. The van der Waals surface area contributed by atoms with Crippen molar-refractivity contribution in [1.29, 1.82) is 0 Å². The van der Waals surface area contributed by atoms with Gasteiger partial charge in [0.15, 0.2) is 0 Å². The van der Waals surface area contributed by atoms with Gasteiger partial charge in [-0.05, 0) is 12.5 Å². The van der Waals surface area contributed by atoms with Crippen molar-refractivity contribution in [2.24, 2.45) is 0 Å². The number of aromatic nitrogens is 2. The lowest BCUT2D eigenvalue weighted by Crippen LogP contribution is -2.14. The number of anilines is 1. The van der Waals surface area contributed by atoms with E-state index in [-0.39, 0.29) is 11.3 Å². The maximum absolute atomic E-state index is 12.0. The molecule has 0 aliphatic carbocycles. The zero-order valence-electron chi connectivity index (χ0n) is 12.2. The van der Waals surface area contributed by atoms with Gasteiger partial charge in [0.2, 0.25) is 11.0 Å². The van der Waals surface area contributed by atoms with Gasteiger partial charge < -0.3 is 5.32 Å². The third-order valence-corrected chi connectivity index (χ3v) is 4.06. The van der Waals surface area contributed by atoms with Crippen molar-refractivity contribution >= 4 is 22.4 Å². The standard InChI is InChI=1S/C15H19N3OS/c1-10-5-7-11(8-6-10)9-12(19)16-14-18-17-13(20-14)15(2,3)4/h5-8H,9H2,1-4H3,(H,16,18,19). The van der Waals surface area contributed by atoms with Crippen molar-refractivity contribution in [3.63, 3.8) is 0 Å². The van der Waals surface area contributed by atoms with Crippen LogP contribution in [0.1, 0.15) is 36.9 Å². The van der Waals surface area contributed by atoms with Crippen LogP contribution in [0, 0.1) is 6.92 Å². The number of nitrogens with zero attached hydrogens (tertiary/aromatic N) is 2. The average Bonchev–Trinajstić information content (AvgIpc) is 2.80. The first kappa shape index (κ1) is 14.7. The Kier molecular flexibility index (Phi) is 4.18. The van der Waals surface area contributed by atoms with Crippen LogP contribution in [0.25, 0.3) is 0 Å². The predicted octanol–water partition coefficient (Wildman–Crippen LogP) is 3.33. The molecule has 1 aromatic carbocycles. The van der Waals surface area contributed by atoms with Crippen LogP contribution in [0.3, 0.4) is 0 Å². The van der Waals surface area contributed by atoms with Gasteiger partial charge in [-0.25, -0.2) is 0 Å². The van der Waals surface area contributed by atoms with E-state index in [2.05, 4.69) is 36.3 Å². The fourth-order valence-electron chi connectivity index (χ4n) is 1.63. The van der Waals surface area contributed by atoms with Crippen molar-refractivity contribution in [2.75, 3.05) is 5.32 Å². The lowest BCUT2D eigenvalue weighted by Gasteiger charge is -2.12. The number of carbonyl (C=O) groups excluding carboxylic acids is 1. The first-order valence-corrected chi connectivity index (χ1v) is 7.35. The summed E-state index contributed by atoms with van der Waals surface area (Å²) in [7, 11) is 0. The summed E-state index contributed by atoms with van der Waals surface area (Å²) < 4.78 is 0. The summed E-state index contributed by atoms with van der Waals surface area (Å²) in [5.74, 6) is -0.0644. The normalized spacial score (nSPS) is 11.4. The molecule has 0 saturated carbocycles. The second-order valence-corrected chi connectivity index (χ2v) is 6.85. The first-order chi connectivity index (χ1) is 9.34. The average molecular weight is 289 g/mol. The number of hydrogen-bond acceptors (Lipinski definition) is 4. The van der Waals surface area contributed by atoms with E-state index in [0.29, 0.717) is 11.6 Å². The summed E-state index contributed by atoms with van der Waals surface area (Å²) >= 11 is 1.43. The Morgan fingerprint density at radius 3 is 2.40 bits per heavy atom. The van der Waals surface area contributed by atoms with Crippen LogP contribution in [0.4, 0.5) is 5.13 Å². The highest BCUT2D eigenvalue weighted by atomic mass is 32.1. The molecule has 0 aliphatic heterocycles. The zero-order valence-corrected chi connectivity index (χ0v) is 13.0. The minimum Gasteiger partial charge on any atom is -0.300 e. The fourth-order valence-corrected chi connectivity index (χ4v) is 2.45. The smallest absolute Gasteiger partial charge is 0.230 e. The number of nitrogens with one attached hydrogen (secondary N) is 1. The van der Waals surface area contributed by atoms with Crippen LogP contribution in [0.5, 0.6) is 0 Å². The molecule has 0 aliphatic rings. The lowest BCUT2D eigenvalue weighted by atomic mass is 9.98. The third kappa shape index (κ3) is 3.87. The molecule has 2 aromatic rings. The van der Waals surface area contributed by atoms with E-state index in [4.69, 9.17) is 0 Å². The van der Waals surface area contributed by atoms with E-state index in [9.17, 15) is 4.79 Å². The van der Waals surface area contributed by atoms with Crippen molar-refractivity contribution in [3.05, 3.63) is 40.4 Å². The largest absolute Gasteiger partial charge is 0.300 e. The number of carbonyl (C=O) groups is 1.